The van der Waals surface area contributed by atoms with E-state index in [0.717, 1.165) is 0 Å². The van der Waals surface area contributed by atoms with E-state index in [2.05, 4.69) is 17.2 Å². The Bertz CT molecular complexity index is 292. The van der Waals surface area contributed by atoms with Crippen LogP contribution in [0.2, 0.25) is 0 Å². The molecule has 6 heteroatoms. The minimum atomic E-state index is -0.447. The van der Waals surface area contributed by atoms with Gasteiger partial charge in [0.05, 0.1) is 19.3 Å². The number of amides is 1. The van der Waals surface area contributed by atoms with Crippen molar-refractivity contribution >= 4 is 11.9 Å². The van der Waals surface area contributed by atoms with Crippen molar-refractivity contribution in [1.82, 2.24) is 10.6 Å². The van der Waals surface area contributed by atoms with Crippen LogP contribution in [0, 0.1) is 0 Å². The van der Waals surface area contributed by atoms with Crippen molar-refractivity contribution in [1.29, 1.82) is 0 Å². The largest absolute Gasteiger partial charge is 0.463 e. The smallest absolute Gasteiger partial charge is 0.334 e. The quantitative estimate of drug-likeness (QED) is 0.341. The number of ether oxygens (including phenoxy) is 2. The van der Waals surface area contributed by atoms with Crippen LogP contribution < -0.4 is 10.6 Å². The van der Waals surface area contributed by atoms with Crippen LogP contribution in [-0.4, -0.2) is 51.3 Å². The SMILES string of the molecule is C=C(CNC(C)C(=O)NCCOC)C(=O)OCC. The predicted molar refractivity (Wildman–Crippen MR) is 68.1 cm³/mol. The second-order valence-electron chi connectivity index (χ2n) is 3.71. The van der Waals surface area contributed by atoms with Gasteiger partial charge < -0.3 is 20.1 Å². The molecule has 0 aromatic rings. The van der Waals surface area contributed by atoms with Crippen molar-refractivity contribution < 1.29 is 19.1 Å². The Hall–Kier alpha value is -1.40. The van der Waals surface area contributed by atoms with Gasteiger partial charge in [-0.1, -0.05) is 6.58 Å². The third-order valence-electron chi connectivity index (χ3n) is 2.18. The minimum Gasteiger partial charge on any atom is -0.463 e. The van der Waals surface area contributed by atoms with E-state index >= 15 is 0 Å². The summed E-state index contributed by atoms with van der Waals surface area (Å²) in [5, 5.41) is 5.58. The van der Waals surface area contributed by atoms with Crippen molar-refractivity contribution in [3.63, 3.8) is 0 Å². The summed E-state index contributed by atoms with van der Waals surface area (Å²) in [6, 6.07) is -0.409. The summed E-state index contributed by atoms with van der Waals surface area (Å²) in [5.41, 5.74) is 0.299. The molecule has 0 aromatic carbocycles. The van der Waals surface area contributed by atoms with Crippen LogP contribution in [0.4, 0.5) is 0 Å². The van der Waals surface area contributed by atoms with Gasteiger partial charge in [-0.3, -0.25) is 4.79 Å². The molecule has 0 aliphatic heterocycles. The molecule has 6 nitrogen and oxygen atoms in total. The van der Waals surface area contributed by atoms with Crippen LogP contribution in [0.3, 0.4) is 0 Å². The molecule has 1 amide bonds. The zero-order chi connectivity index (χ0) is 14.0. The average molecular weight is 258 g/mol. The van der Waals surface area contributed by atoms with E-state index in [1.165, 1.54) is 0 Å². The number of methoxy groups -OCH3 is 1. The molecule has 0 rings (SSSR count). The Kier molecular flexibility index (Phi) is 8.86. The lowest BCUT2D eigenvalue weighted by atomic mass is 10.2. The Balaban J connectivity index is 3.87. The molecule has 0 aliphatic rings. The van der Waals surface area contributed by atoms with Gasteiger partial charge in [-0.25, -0.2) is 4.79 Å². The van der Waals surface area contributed by atoms with E-state index in [0.29, 0.717) is 25.3 Å². The molecule has 104 valence electrons. The van der Waals surface area contributed by atoms with E-state index in [1.54, 1.807) is 21.0 Å². The summed E-state index contributed by atoms with van der Waals surface area (Å²) in [6.45, 7) is 8.48. The molecule has 0 spiro atoms. The van der Waals surface area contributed by atoms with Crippen LogP contribution in [0.25, 0.3) is 0 Å². The third-order valence-corrected chi connectivity index (χ3v) is 2.18. The number of hydrogen-bond acceptors (Lipinski definition) is 5. The summed E-state index contributed by atoms with van der Waals surface area (Å²) in [4.78, 5) is 22.8. The number of nitrogens with one attached hydrogen (secondary N) is 2. The van der Waals surface area contributed by atoms with E-state index in [-0.39, 0.29) is 12.5 Å². The third kappa shape index (κ3) is 7.03. The fourth-order valence-electron chi connectivity index (χ4n) is 1.10. The first-order chi connectivity index (χ1) is 8.52. The maximum absolute atomic E-state index is 11.6. The van der Waals surface area contributed by atoms with Gasteiger partial charge in [0.15, 0.2) is 0 Å². The van der Waals surface area contributed by atoms with Crippen molar-refractivity contribution in [2.45, 2.75) is 19.9 Å². The minimum absolute atomic E-state index is 0.149. The summed E-state index contributed by atoms with van der Waals surface area (Å²) < 4.78 is 9.60. The topological polar surface area (TPSA) is 76.7 Å². The average Bonchev–Trinajstić information content (AvgIpc) is 2.35. The maximum Gasteiger partial charge on any atom is 0.334 e. The standard InChI is InChI=1S/C12H22N2O4/c1-5-18-12(16)9(2)8-14-10(3)11(15)13-6-7-17-4/h10,14H,2,5-8H2,1,3-4H3,(H,13,15). The molecule has 0 saturated carbocycles. The Labute approximate surface area is 108 Å². The zero-order valence-corrected chi connectivity index (χ0v) is 11.2. The Morgan fingerprint density at radius 1 is 1.39 bits per heavy atom. The highest BCUT2D eigenvalue weighted by Gasteiger charge is 2.14. The second-order valence-corrected chi connectivity index (χ2v) is 3.71. The van der Waals surface area contributed by atoms with E-state index in [4.69, 9.17) is 9.47 Å². The van der Waals surface area contributed by atoms with Crippen molar-refractivity contribution in [2.24, 2.45) is 0 Å². The van der Waals surface area contributed by atoms with E-state index < -0.39 is 12.0 Å². The van der Waals surface area contributed by atoms with Gasteiger partial charge in [0.1, 0.15) is 0 Å². The molecule has 0 aliphatic carbocycles. The van der Waals surface area contributed by atoms with Gasteiger partial charge in [0.2, 0.25) is 5.91 Å². The van der Waals surface area contributed by atoms with Crippen LogP contribution in [-0.2, 0) is 19.1 Å². The summed E-state index contributed by atoms with van der Waals surface area (Å²) >= 11 is 0. The van der Waals surface area contributed by atoms with Crippen molar-refractivity contribution in [3.8, 4) is 0 Å². The molecule has 0 heterocycles. The highest BCUT2D eigenvalue weighted by molar-refractivity contribution is 5.88. The molecule has 0 saturated heterocycles. The van der Waals surface area contributed by atoms with Crippen LogP contribution in [0.15, 0.2) is 12.2 Å². The summed E-state index contributed by atoms with van der Waals surface area (Å²) in [7, 11) is 1.57. The van der Waals surface area contributed by atoms with Crippen LogP contribution in [0.5, 0.6) is 0 Å². The fraction of sp³-hybridized carbons (Fsp3) is 0.667. The first-order valence-electron chi connectivity index (χ1n) is 5.87. The lowest BCUT2D eigenvalue weighted by molar-refractivity contribution is -0.138. The molecule has 2 N–H and O–H groups in total. The molecule has 18 heavy (non-hydrogen) atoms. The Morgan fingerprint density at radius 2 is 2.06 bits per heavy atom. The molecule has 0 radical (unpaired) electrons. The second kappa shape index (κ2) is 9.61. The van der Waals surface area contributed by atoms with E-state index in [9.17, 15) is 9.59 Å². The molecule has 0 aromatic heterocycles. The van der Waals surface area contributed by atoms with Crippen LogP contribution in [0.1, 0.15) is 13.8 Å². The van der Waals surface area contributed by atoms with Gasteiger partial charge in [0, 0.05) is 25.8 Å². The molecular weight excluding hydrogens is 236 g/mol. The lowest BCUT2D eigenvalue weighted by Crippen LogP contribution is -2.44. The first kappa shape index (κ1) is 16.6. The maximum atomic E-state index is 11.6. The van der Waals surface area contributed by atoms with Gasteiger partial charge in [-0.2, -0.15) is 0 Å². The van der Waals surface area contributed by atoms with Gasteiger partial charge in [-0.05, 0) is 13.8 Å². The first-order valence-corrected chi connectivity index (χ1v) is 5.87. The van der Waals surface area contributed by atoms with Gasteiger partial charge in [-0.15, -0.1) is 0 Å². The number of carbonyl (C=O) groups excluding carboxylic acids is 2. The number of hydrogen-bond donors (Lipinski definition) is 2. The van der Waals surface area contributed by atoms with Crippen LogP contribution >= 0.6 is 0 Å². The summed E-state index contributed by atoms with van der Waals surface area (Å²) in [5.74, 6) is -0.597. The fourth-order valence-corrected chi connectivity index (χ4v) is 1.10. The molecule has 1 unspecified atom stereocenters. The van der Waals surface area contributed by atoms with E-state index in [1.807, 2.05) is 0 Å². The lowest BCUT2D eigenvalue weighted by Gasteiger charge is -2.14. The normalized spacial score (nSPS) is 11.7. The summed E-state index contributed by atoms with van der Waals surface area (Å²) in [6.07, 6.45) is 0. The number of carbonyl (C=O) groups is 2. The molecule has 0 bridgehead atoms. The Morgan fingerprint density at radius 3 is 2.61 bits per heavy atom. The number of rotatable bonds is 9. The molecule has 1 atom stereocenters. The van der Waals surface area contributed by atoms with Crippen molar-refractivity contribution in [3.05, 3.63) is 12.2 Å². The van der Waals surface area contributed by atoms with Gasteiger partial charge >= 0.3 is 5.97 Å². The highest BCUT2D eigenvalue weighted by atomic mass is 16.5. The highest BCUT2D eigenvalue weighted by Crippen LogP contribution is 1.94. The predicted octanol–water partition coefficient (Wildman–Crippen LogP) is -0.154. The monoisotopic (exact) mass is 258 g/mol. The van der Waals surface area contributed by atoms with Crippen molar-refractivity contribution in [2.75, 3.05) is 33.4 Å². The van der Waals surface area contributed by atoms with Gasteiger partial charge in [0.25, 0.3) is 0 Å². The molecular formula is C12H22N2O4. The molecule has 0 fully saturated rings. The zero-order valence-electron chi connectivity index (χ0n) is 11.2. The number of esters is 1.